The van der Waals surface area contributed by atoms with Gasteiger partial charge in [0.1, 0.15) is 12.4 Å². The molecular weight excluding hydrogens is 510 g/mol. The van der Waals surface area contributed by atoms with Crippen molar-refractivity contribution < 1.29 is 4.74 Å². The van der Waals surface area contributed by atoms with E-state index >= 15 is 0 Å². The van der Waals surface area contributed by atoms with Crippen molar-refractivity contribution in [2.45, 2.75) is 18.3 Å². The molecule has 0 spiro atoms. The average molecular weight is 533 g/mol. The van der Waals surface area contributed by atoms with Crippen molar-refractivity contribution in [1.82, 2.24) is 25.5 Å². The second kappa shape index (κ2) is 12.6. The Hall–Kier alpha value is -2.39. The Labute approximate surface area is 206 Å². The van der Waals surface area contributed by atoms with Gasteiger partial charge in [0.2, 0.25) is 5.16 Å². The van der Waals surface area contributed by atoms with Gasteiger partial charge in [0.15, 0.2) is 0 Å². The highest BCUT2D eigenvalue weighted by Crippen LogP contribution is 2.27. The van der Waals surface area contributed by atoms with Gasteiger partial charge >= 0.3 is 0 Å². The van der Waals surface area contributed by atoms with Crippen LogP contribution < -0.4 is 10.1 Å². The molecule has 4 aromatic rings. The van der Waals surface area contributed by atoms with Crippen LogP contribution in [0.2, 0.25) is 0 Å². The fourth-order valence-electron chi connectivity index (χ4n) is 2.95. The number of halogens is 2. The normalized spacial score (nSPS) is 10.5. The minimum atomic E-state index is 0. The monoisotopic (exact) mass is 531 g/mol. The maximum Gasteiger partial charge on any atom is 0.214 e. The molecule has 32 heavy (non-hydrogen) atoms. The van der Waals surface area contributed by atoms with Gasteiger partial charge in [-0.05, 0) is 61.7 Å². The first-order valence-corrected chi connectivity index (χ1v) is 11.7. The van der Waals surface area contributed by atoms with Crippen LogP contribution in [0.5, 0.6) is 5.75 Å². The highest BCUT2D eigenvalue weighted by molar-refractivity contribution is 9.10. The van der Waals surface area contributed by atoms with E-state index in [-0.39, 0.29) is 12.4 Å². The molecule has 9 heteroatoms. The molecule has 0 aliphatic heterocycles. The second-order valence-electron chi connectivity index (χ2n) is 6.77. The van der Waals surface area contributed by atoms with E-state index in [1.807, 2.05) is 54.6 Å². The number of aromatic nitrogens is 4. The number of para-hydroxylation sites is 1. The summed E-state index contributed by atoms with van der Waals surface area (Å²) in [6, 6.07) is 26.2. The van der Waals surface area contributed by atoms with Crippen LogP contribution in [0.4, 0.5) is 0 Å². The highest BCUT2D eigenvalue weighted by atomic mass is 79.9. The van der Waals surface area contributed by atoms with Crippen molar-refractivity contribution in [2.75, 3.05) is 12.3 Å². The predicted molar refractivity (Wildman–Crippen MR) is 134 cm³/mol. The largest absolute Gasteiger partial charge is 0.488 e. The molecule has 0 fully saturated rings. The van der Waals surface area contributed by atoms with Crippen LogP contribution in [0.1, 0.15) is 11.1 Å². The van der Waals surface area contributed by atoms with Crippen LogP contribution in [0.15, 0.2) is 88.5 Å². The van der Waals surface area contributed by atoms with E-state index in [0.29, 0.717) is 6.61 Å². The molecule has 1 N–H and O–H groups in total. The Kier molecular flexibility index (Phi) is 9.55. The number of hydrogen-bond acceptors (Lipinski definition) is 6. The lowest BCUT2D eigenvalue weighted by Gasteiger charge is -2.10. The SMILES string of the molecule is Brc1cc(CNCCSc2nnnn2-c2ccccc2)ccc1OCc1ccccc1.Cl. The van der Waals surface area contributed by atoms with E-state index in [0.717, 1.165) is 45.5 Å². The Morgan fingerprint density at radius 1 is 0.938 bits per heavy atom. The van der Waals surface area contributed by atoms with E-state index < -0.39 is 0 Å². The molecule has 0 aliphatic carbocycles. The molecular formula is C23H23BrClN5OS. The van der Waals surface area contributed by atoms with Crippen molar-refractivity contribution in [1.29, 1.82) is 0 Å². The van der Waals surface area contributed by atoms with Crippen molar-refractivity contribution in [2.24, 2.45) is 0 Å². The number of nitrogens with zero attached hydrogens (tertiary/aromatic N) is 4. The molecule has 0 amide bonds. The number of rotatable bonds is 10. The summed E-state index contributed by atoms with van der Waals surface area (Å²) in [7, 11) is 0. The molecule has 3 aromatic carbocycles. The number of hydrogen-bond donors (Lipinski definition) is 1. The van der Waals surface area contributed by atoms with Gasteiger partial charge in [-0.1, -0.05) is 66.4 Å². The van der Waals surface area contributed by atoms with Crippen LogP contribution >= 0.6 is 40.1 Å². The zero-order chi connectivity index (χ0) is 21.3. The molecule has 1 aromatic heterocycles. The second-order valence-corrected chi connectivity index (χ2v) is 8.69. The van der Waals surface area contributed by atoms with Gasteiger partial charge in [0.05, 0.1) is 10.2 Å². The maximum absolute atomic E-state index is 5.92. The molecule has 0 aliphatic rings. The number of ether oxygens (including phenoxy) is 1. The van der Waals surface area contributed by atoms with Crippen LogP contribution in [-0.4, -0.2) is 32.5 Å². The summed E-state index contributed by atoms with van der Waals surface area (Å²) < 4.78 is 8.64. The van der Waals surface area contributed by atoms with E-state index in [1.54, 1.807) is 16.4 Å². The van der Waals surface area contributed by atoms with E-state index in [9.17, 15) is 0 Å². The standard InChI is InChI=1S/C23H22BrN5OS.ClH/c24-21-15-19(11-12-22(21)30-17-18-7-3-1-4-8-18)16-25-13-14-31-23-26-27-28-29(23)20-9-5-2-6-10-20;/h1-12,15,25H,13-14,16-17H2;1H. The fourth-order valence-corrected chi connectivity index (χ4v) is 4.28. The molecule has 166 valence electrons. The molecule has 0 atom stereocenters. The molecule has 0 bridgehead atoms. The topological polar surface area (TPSA) is 64.9 Å². The molecule has 0 radical (unpaired) electrons. The number of thioether (sulfide) groups is 1. The maximum atomic E-state index is 5.92. The van der Waals surface area contributed by atoms with Crippen LogP contribution in [0, 0.1) is 0 Å². The third-order valence-electron chi connectivity index (χ3n) is 4.51. The minimum absolute atomic E-state index is 0. The van der Waals surface area contributed by atoms with Gasteiger partial charge < -0.3 is 10.1 Å². The lowest BCUT2D eigenvalue weighted by atomic mass is 10.2. The van der Waals surface area contributed by atoms with Gasteiger partial charge in [-0.25, -0.2) is 0 Å². The zero-order valence-corrected chi connectivity index (χ0v) is 20.4. The van der Waals surface area contributed by atoms with Crippen molar-refractivity contribution in [3.8, 4) is 11.4 Å². The Bertz CT molecular complexity index is 1100. The van der Waals surface area contributed by atoms with Gasteiger partial charge in [-0.3, -0.25) is 0 Å². The lowest BCUT2D eigenvalue weighted by Crippen LogP contribution is -2.16. The van der Waals surface area contributed by atoms with Crippen LogP contribution in [0.25, 0.3) is 5.69 Å². The highest BCUT2D eigenvalue weighted by Gasteiger charge is 2.08. The zero-order valence-electron chi connectivity index (χ0n) is 17.2. The Morgan fingerprint density at radius 3 is 2.44 bits per heavy atom. The Balaban J connectivity index is 0.00000289. The lowest BCUT2D eigenvalue weighted by molar-refractivity contribution is 0.304. The van der Waals surface area contributed by atoms with Gasteiger partial charge in [0, 0.05) is 18.8 Å². The molecule has 0 unspecified atom stereocenters. The summed E-state index contributed by atoms with van der Waals surface area (Å²) in [4.78, 5) is 0. The van der Waals surface area contributed by atoms with E-state index in [2.05, 4.69) is 61.0 Å². The van der Waals surface area contributed by atoms with Gasteiger partial charge in [0.25, 0.3) is 0 Å². The van der Waals surface area contributed by atoms with Crippen molar-refractivity contribution >= 4 is 40.1 Å². The fraction of sp³-hybridized carbons (Fsp3) is 0.174. The van der Waals surface area contributed by atoms with Crippen LogP contribution in [-0.2, 0) is 13.2 Å². The van der Waals surface area contributed by atoms with Crippen molar-refractivity contribution in [3.05, 3.63) is 94.5 Å². The number of benzene rings is 3. The summed E-state index contributed by atoms with van der Waals surface area (Å²) in [6.45, 7) is 2.18. The average Bonchev–Trinajstić information content (AvgIpc) is 3.28. The Morgan fingerprint density at radius 2 is 1.69 bits per heavy atom. The number of nitrogens with one attached hydrogen (secondary N) is 1. The quantitative estimate of drug-likeness (QED) is 0.221. The summed E-state index contributed by atoms with van der Waals surface area (Å²) in [5, 5.41) is 16.3. The van der Waals surface area contributed by atoms with Gasteiger partial charge in [-0.2, -0.15) is 4.68 Å². The third kappa shape index (κ3) is 6.80. The van der Waals surface area contributed by atoms with Gasteiger partial charge in [-0.15, -0.1) is 17.5 Å². The molecule has 4 rings (SSSR count). The third-order valence-corrected chi connectivity index (χ3v) is 6.05. The molecule has 1 heterocycles. The molecule has 0 saturated heterocycles. The summed E-state index contributed by atoms with van der Waals surface area (Å²) in [5.41, 5.74) is 3.30. The molecule has 0 saturated carbocycles. The first kappa shape index (κ1) is 24.3. The minimum Gasteiger partial charge on any atom is -0.488 e. The predicted octanol–water partition coefficient (Wildman–Crippen LogP) is 5.31. The summed E-state index contributed by atoms with van der Waals surface area (Å²) >= 11 is 5.25. The van der Waals surface area contributed by atoms with Crippen molar-refractivity contribution in [3.63, 3.8) is 0 Å². The first-order chi connectivity index (χ1) is 15.3. The summed E-state index contributed by atoms with van der Waals surface area (Å²) in [6.07, 6.45) is 0. The van der Waals surface area contributed by atoms with E-state index in [4.69, 9.17) is 4.74 Å². The summed E-state index contributed by atoms with van der Waals surface area (Å²) in [5.74, 6) is 1.71. The smallest absolute Gasteiger partial charge is 0.214 e. The first-order valence-electron chi connectivity index (χ1n) is 9.92. The molecule has 6 nitrogen and oxygen atoms in total. The van der Waals surface area contributed by atoms with Crippen LogP contribution in [0.3, 0.4) is 0 Å². The van der Waals surface area contributed by atoms with E-state index in [1.165, 1.54) is 5.56 Å². The number of tetrazole rings is 1.